The highest BCUT2D eigenvalue weighted by molar-refractivity contribution is 5.28. The third-order valence-corrected chi connectivity index (χ3v) is 3.82. The fourth-order valence-corrected chi connectivity index (χ4v) is 2.64. The maximum absolute atomic E-state index is 12.7. The van der Waals surface area contributed by atoms with Crippen LogP contribution in [-0.4, -0.2) is 13.1 Å². The van der Waals surface area contributed by atoms with Crippen molar-refractivity contribution in [3.63, 3.8) is 0 Å². The van der Waals surface area contributed by atoms with Gasteiger partial charge in [-0.15, -0.1) is 0 Å². The summed E-state index contributed by atoms with van der Waals surface area (Å²) in [7, 11) is 0. The number of nitrogens with one attached hydrogen (secondary N) is 1. The second kappa shape index (κ2) is 7.09. The van der Waals surface area contributed by atoms with Gasteiger partial charge in [0, 0.05) is 12.6 Å². The zero-order valence-electron chi connectivity index (χ0n) is 11.9. The van der Waals surface area contributed by atoms with Crippen molar-refractivity contribution in [2.24, 2.45) is 5.73 Å². The summed E-state index contributed by atoms with van der Waals surface area (Å²) in [5.41, 5.74) is 7.10. The molecule has 0 saturated carbocycles. The van der Waals surface area contributed by atoms with Gasteiger partial charge in [0.1, 0.15) is 0 Å². The highest BCUT2D eigenvalue weighted by atomic mass is 19.4. The van der Waals surface area contributed by atoms with Gasteiger partial charge in [-0.25, -0.2) is 0 Å². The summed E-state index contributed by atoms with van der Waals surface area (Å²) < 4.78 is 38.2. The quantitative estimate of drug-likeness (QED) is 0.784. The van der Waals surface area contributed by atoms with Crippen LogP contribution < -0.4 is 11.1 Å². The zero-order chi connectivity index (χ0) is 15.3. The molecule has 1 aliphatic rings. The van der Waals surface area contributed by atoms with Crippen molar-refractivity contribution in [3.05, 3.63) is 47.0 Å². The molecule has 0 heterocycles. The van der Waals surface area contributed by atoms with Crippen molar-refractivity contribution < 1.29 is 13.2 Å². The largest absolute Gasteiger partial charge is 0.416 e. The van der Waals surface area contributed by atoms with Crippen LogP contribution in [0, 0.1) is 0 Å². The van der Waals surface area contributed by atoms with Gasteiger partial charge in [-0.3, -0.25) is 0 Å². The van der Waals surface area contributed by atoms with Gasteiger partial charge in [-0.05, 0) is 49.9 Å². The second-order valence-electron chi connectivity index (χ2n) is 5.37. The minimum Gasteiger partial charge on any atom is -0.329 e. The molecule has 1 unspecified atom stereocenters. The Morgan fingerprint density at radius 3 is 2.71 bits per heavy atom. The Kier molecular flexibility index (Phi) is 5.42. The number of alkyl halides is 3. The molecule has 1 aromatic carbocycles. The van der Waals surface area contributed by atoms with Gasteiger partial charge in [-0.2, -0.15) is 13.2 Å². The summed E-state index contributed by atoms with van der Waals surface area (Å²) in [5.74, 6) is 0. The van der Waals surface area contributed by atoms with E-state index in [2.05, 4.69) is 11.4 Å². The van der Waals surface area contributed by atoms with Gasteiger partial charge in [0.2, 0.25) is 0 Å². The van der Waals surface area contributed by atoms with E-state index < -0.39 is 11.7 Å². The average molecular weight is 298 g/mol. The van der Waals surface area contributed by atoms with E-state index in [-0.39, 0.29) is 12.6 Å². The van der Waals surface area contributed by atoms with Gasteiger partial charge in [0.15, 0.2) is 0 Å². The number of hydrogen-bond donors (Lipinski definition) is 2. The van der Waals surface area contributed by atoms with Crippen LogP contribution in [0.5, 0.6) is 0 Å². The number of allylic oxidation sites excluding steroid dienone is 1. The molecule has 0 radical (unpaired) electrons. The highest BCUT2D eigenvalue weighted by Gasteiger charge is 2.30. The van der Waals surface area contributed by atoms with Crippen molar-refractivity contribution in [2.45, 2.75) is 37.9 Å². The lowest BCUT2D eigenvalue weighted by Crippen LogP contribution is -2.29. The molecular formula is C16H21F3N2. The van der Waals surface area contributed by atoms with E-state index in [1.807, 2.05) is 0 Å². The Labute approximate surface area is 123 Å². The van der Waals surface area contributed by atoms with Gasteiger partial charge < -0.3 is 11.1 Å². The van der Waals surface area contributed by atoms with Crippen LogP contribution in [0.3, 0.4) is 0 Å². The molecule has 21 heavy (non-hydrogen) atoms. The Hall–Kier alpha value is -1.33. The lowest BCUT2D eigenvalue weighted by molar-refractivity contribution is -0.137. The molecule has 116 valence electrons. The predicted octanol–water partition coefficient (Wildman–Crippen LogP) is 3.80. The summed E-state index contributed by atoms with van der Waals surface area (Å²) in [5, 5.41) is 3.26. The third-order valence-electron chi connectivity index (χ3n) is 3.82. The van der Waals surface area contributed by atoms with Crippen LogP contribution in [0.25, 0.3) is 0 Å². The average Bonchev–Trinajstić information content (AvgIpc) is 2.96. The van der Waals surface area contributed by atoms with E-state index in [1.165, 1.54) is 24.1 Å². The van der Waals surface area contributed by atoms with E-state index in [1.54, 1.807) is 6.07 Å². The molecule has 0 bridgehead atoms. The maximum atomic E-state index is 12.7. The summed E-state index contributed by atoms with van der Waals surface area (Å²) >= 11 is 0. The number of halogens is 3. The molecule has 1 aromatic rings. The minimum atomic E-state index is -4.32. The highest BCUT2D eigenvalue weighted by Crippen LogP contribution is 2.30. The van der Waals surface area contributed by atoms with E-state index in [0.717, 1.165) is 31.9 Å². The molecule has 2 nitrogen and oxygen atoms in total. The fraction of sp³-hybridized carbons (Fsp3) is 0.500. The first-order valence-corrected chi connectivity index (χ1v) is 7.29. The fourth-order valence-electron chi connectivity index (χ4n) is 2.64. The minimum absolute atomic E-state index is 0.241. The van der Waals surface area contributed by atoms with Crippen LogP contribution in [-0.2, 0) is 6.18 Å². The van der Waals surface area contributed by atoms with Crippen LogP contribution in [0.15, 0.2) is 35.9 Å². The molecule has 0 aliphatic heterocycles. The summed E-state index contributed by atoms with van der Waals surface area (Å²) in [6.45, 7) is 1.02. The number of hydrogen-bond acceptors (Lipinski definition) is 2. The summed E-state index contributed by atoms with van der Waals surface area (Å²) in [6, 6.07) is 5.14. The standard InChI is InChI=1S/C16H21F3N2/c17-16(18,19)14-7-3-6-13(10-14)15(11-20)21-9-8-12-4-1-2-5-12/h3-4,6-7,10,15,21H,1-2,5,8-9,11,20H2. The maximum Gasteiger partial charge on any atom is 0.416 e. The van der Waals surface area contributed by atoms with Gasteiger partial charge in [0.05, 0.1) is 5.56 Å². The smallest absolute Gasteiger partial charge is 0.329 e. The monoisotopic (exact) mass is 298 g/mol. The normalized spacial score (nSPS) is 16.9. The molecule has 0 saturated heterocycles. The van der Waals surface area contributed by atoms with Crippen molar-refractivity contribution in [2.75, 3.05) is 13.1 Å². The predicted molar refractivity (Wildman–Crippen MR) is 77.8 cm³/mol. The second-order valence-corrected chi connectivity index (χ2v) is 5.37. The van der Waals surface area contributed by atoms with Crippen molar-refractivity contribution >= 4 is 0 Å². The molecular weight excluding hydrogens is 277 g/mol. The van der Waals surface area contributed by atoms with Crippen LogP contribution in [0.1, 0.15) is 42.9 Å². The van der Waals surface area contributed by atoms with E-state index in [4.69, 9.17) is 5.73 Å². The van der Waals surface area contributed by atoms with Crippen LogP contribution in [0.2, 0.25) is 0 Å². The summed E-state index contributed by atoms with van der Waals surface area (Å²) in [4.78, 5) is 0. The molecule has 1 atom stereocenters. The number of rotatable bonds is 6. The van der Waals surface area contributed by atoms with E-state index in [0.29, 0.717) is 5.56 Å². The first-order chi connectivity index (χ1) is 10.0. The Bertz CT molecular complexity index is 495. The third kappa shape index (κ3) is 4.58. The van der Waals surface area contributed by atoms with Gasteiger partial charge in [-0.1, -0.05) is 23.8 Å². The lowest BCUT2D eigenvalue weighted by Gasteiger charge is -2.19. The first kappa shape index (κ1) is 16.0. The SMILES string of the molecule is NCC(NCCC1=CCCC1)c1cccc(C(F)(F)F)c1. The molecule has 2 rings (SSSR count). The van der Waals surface area contributed by atoms with E-state index in [9.17, 15) is 13.2 Å². The molecule has 1 aliphatic carbocycles. The molecule has 0 spiro atoms. The number of nitrogens with two attached hydrogens (primary N) is 1. The summed E-state index contributed by atoms with van der Waals surface area (Å²) in [6.07, 6.45) is 2.37. The first-order valence-electron chi connectivity index (χ1n) is 7.29. The van der Waals surface area contributed by atoms with Crippen LogP contribution in [0.4, 0.5) is 13.2 Å². The molecule has 0 fully saturated rings. The zero-order valence-corrected chi connectivity index (χ0v) is 11.9. The van der Waals surface area contributed by atoms with Gasteiger partial charge >= 0.3 is 6.18 Å². The number of benzene rings is 1. The molecule has 3 N–H and O–H groups in total. The molecule has 5 heteroatoms. The Morgan fingerprint density at radius 2 is 2.10 bits per heavy atom. The van der Waals surface area contributed by atoms with Crippen molar-refractivity contribution in [1.82, 2.24) is 5.32 Å². The van der Waals surface area contributed by atoms with E-state index >= 15 is 0 Å². The van der Waals surface area contributed by atoms with Crippen LogP contribution >= 0.6 is 0 Å². The molecule has 0 aromatic heterocycles. The van der Waals surface area contributed by atoms with Crippen molar-refractivity contribution in [3.8, 4) is 0 Å². The Balaban J connectivity index is 1.96. The topological polar surface area (TPSA) is 38.0 Å². The van der Waals surface area contributed by atoms with Crippen molar-refractivity contribution in [1.29, 1.82) is 0 Å². The Morgan fingerprint density at radius 1 is 1.29 bits per heavy atom. The van der Waals surface area contributed by atoms with Gasteiger partial charge in [0.25, 0.3) is 0 Å². The molecule has 0 amide bonds. The lowest BCUT2D eigenvalue weighted by atomic mass is 10.0.